The zero-order valence-corrected chi connectivity index (χ0v) is 14.1. The summed E-state index contributed by atoms with van der Waals surface area (Å²) in [6, 6.07) is 5.47. The third-order valence-corrected chi connectivity index (χ3v) is 3.66. The Labute approximate surface area is 135 Å². The van der Waals surface area contributed by atoms with Gasteiger partial charge in [0, 0.05) is 25.2 Å². The second-order valence-corrected chi connectivity index (χ2v) is 6.15. The van der Waals surface area contributed by atoms with E-state index >= 15 is 0 Å². The first kappa shape index (κ1) is 19.5. The first-order chi connectivity index (χ1) is 10.6. The van der Waals surface area contributed by atoms with Crippen LogP contribution in [0.15, 0.2) is 24.3 Å². The summed E-state index contributed by atoms with van der Waals surface area (Å²) < 4.78 is 37.4. The van der Waals surface area contributed by atoms with E-state index in [1.807, 2.05) is 0 Å². The molecule has 0 aromatic heterocycles. The molecule has 130 valence electrons. The normalized spacial score (nSPS) is 12.3. The van der Waals surface area contributed by atoms with Crippen molar-refractivity contribution >= 4 is 5.91 Å². The van der Waals surface area contributed by atoms with E-state index in [2.05, 4.69) is 37.9 Å². The minimum absolute atomic E-state index is 0.0848. The van der Waals surface area contributed by atoms with E-state index < -0.39 is 11.7 Å². The van der Waals surface area contributed by atoms with Gasteiger partial charge in [0.2, 0.25) is 5.91 Å². The number of amides is 1. The average molecular weight is 330 g/mol. The first-order valence-corrected chi connectivity index (χ1v) is 7.80. The van der Waals surface area contributed by atoms with Gasteiger partial charge in [-0.3, -0.25) is 9.69 Å². The highest BCUT2D eigenvalue weighted by Crippen LogP contribution is 2.29. The molecule has 6 heteroatoms. The van der Waals surface area contributed by atoms with Crippen LogP contribution in [0.25, 0.3) is 0 Å². The van der Waals surface area contributed by atoms with Crippen molar-refractivity contribution in [3.05, 3.63) is 35.4 Å². The van der Waals surface area contributed by atoms with Gasteiger partial charge in [-0.05, 0) is 45.4 Å². The van der Waals surface area contributed by atoms with Gasteiger partial charge >= 0.3 is 6.18 Å². The third-order valence-electron chi connectivity index (χ3n) is 3.66. The summed E-state index contributed by atoms with van der Waals surface area (Å²) in [7, 11) is 0. The van der Waals surface area contributed by atoms with Crippen LogP contribution >= 0.6 is 0 Å². The molecule has 0 saturated carbocycles. The average Bonchev–Trinajstić information content (AvgIpc) is 2.42. The highest BCUT2D eigenvalue weighted by Gasteiger charge is 2.29. The largest absolute Gasteiger partial charge is 0.416 e. The molecule has 1 aromatic rings. The maximum atomic E-state index is 12.5. The Morgan fingerprint density at radius 3 is 2.04 bits per heavy atom. The lowest BCUT2D eigenvalue weighted by atomic mass is 10.1. The summed E-state index contributed by atoms with van der Waals surface area (Å²) in [5, 5.41) is 2.81. The number of nitrogens with zero attached hydrogens (tertiary/aromatic N) is 1. The molecule has 0 spiro atoms. The molecule has 23 heavy (non-hydrogen) atoms. The quantitative estimate of drug-likeness (QED) is 0.830. The van der Waals surface area contributed by atoms with Crippen LogP contribution in [-0.2, 0) is 17.4 Å². The first-order valence-electron chi connectivity index (χ1n) is 7.80. The Kier molecular flexibility index (Phi) is 7.06. The van der Waals surface area contributed by atoms with Crippen molar-refractivity contribution in [3.8, 4) is 0 Å². The zero-order valence-electron chi connectivity index (χ0n) is 14.1. The number of rotatable bonds is 7. The Bertz CT molecular complexity index is 488. The molecular formula is C17H25F3N2O. The Morgan fingerprint density at radius 2 is 1.61 bits per heavy atom. The number of alkyl halides is 3. The molecule has 0 aliphatic rings. The van der Waals surface area contributed by atoms with Crippen molar-refractivity contribution in [1.29, 1.82) is 0 Å². The SMILES string of the molecule is CC(C)N(CCNC(=O)Cc1ccc(C(F)(F)F)cc1)C(C)C. The van der Waals surface area contributed by atoms with Crippen LogP contribution in [0.3, 0.4) is 0 Å². The molecule has 1 rings (SSSR count). The van der Waals surface area contributed by atoms with Crippen molar-refractivity contribution in [2.24, 2.45) is 0 Å². The third kappa shape index (κ3) is 6.60. The molecule has 0 atom stereocenters. The lowest BCUT2D eigenvalue weighted by Crippen LogP contribution is -2.42. The summed E-state index contributed by atoms with van der Waals surface area (Å²) in [6.07, 6.45) is -4.26. The highest BCUT2D eigenvalue weighted by atomic mass is 19.4. The monoisotopic (exact) mass is 330 g/mol. The van der Waals surface area contributed by atoms with Gasteiger partial charge in [-0.15, -0.1) is 0 Å². The van der Waals surface area contributed by atoms with E-state index in [1.165, 1.54) is 12.1 Å². The van der Waals surface area contributed by atoms with Crippen molar-refractivity contribution < 1.29 is 18.0 Å². The van der Waals surface area contributed by atoms with Gasteiger partial charge < -0.3 is 5.32 Å². The lowest BCUT2D eigenvalue weighted by molar-refractivity contribution is -0.137. The van der Waals surface area contributed by atoms with E-state index in [0.29, 0.717) is 24.2 Å². The van der Waals surface area contributed by atoms with Crippen molar-refractivity contribution in [2.45, 2.75) is 52.4 Å². The maximum Gasteiger partial charge on any atom is 0.416 e. The molecule has 0 radical (unpaired) electrons. The summed E-state index contributed by atoms with van der Waals surface area (Å²) in [6.45, 7) is 9.67. The smallest absolute Gasteiger partial charge is 0.355 e. The fraction of sp³-hybridized carbons (Fsp3) is 0.588. The Balaban J connectivity index is 2.45. The predicted octanol–water partition coefficient (Wildman–Crippen LogP) is 3.48. The number of nitrogens with one attached hydrogen (secondary N) is 1. The van der Waals surface area contributed by atoms with Gasteiger partial charge in [0.25, 0.3) is 0 Å². The fourth-order valence-corrected chi connectivity index (χ4v) is 2.50. The molecule has 3 nitrogen and oxygen atoms in total. The molecule has 1 N–H and O–H groups in total. The second kappa shape index (κ2) is 8.34. The number of halogens is 3. The van der Waals surface area contributed by atoms with Gasteiger partial charge in [0.1, 0.15) is 0 Å². The topological polar surface area (TPSA) is 32.3 Å². The number of benzene rings is 1. The molecule has 0 saturated heterocycles. The Morgan fingerprint density at radius 1 is 1.09 bits per heavy atom. The summed E-state index contributed by atoms with van der Waals surface area (Å²) in [5.74, 6) is -0.183. The molecule has 0 aliphatic heterocycles. The van der Waals surface area contributed by atoms with Gasteiger partial charge in [0.05, 0.1) is 12.0 Å². The Hall–Kier alpha value is -1.56. The van der Waals surface area contributed by atoms with Gasteiger partial charge in [-0.2, -0.15) is 13.2 Å². The van der Waals surface area contributed by atoms with Crippen LogP contribution in [0.1, 0.15) is 38.8 Å². The minimum Gasteiger partial charge on any atom is -0.355 e. The standard InChI is InChI=1S/C17H25F3N2O/c1-12(2)22(13(3)4)10-9-21-16(23)11-14-5-7-15(8-6-14)17(18,19)20/h5-8,12-13H,9-11H2,1-4H3,(H,21,23). The van der Waals surface area contributed by atoms with Gasteiger partial charge in [0.15, 0.2) is 0 Å². The van der Waals surface area contributed by atoms with Crippen molar-refractivity contribution in [1.82, 2.24) is 10.2 Å². The van der Waals surface area contributed by atoms with Crippen molar-refractivity contribution in [2.75, 3.05) is 13.1 Å². The molecule has 1 aromatic carbocycles. The van der Waals surface area contributed by atoms with Gasteiger partial charge in [-0.1, -0.05) is 12.1 Å². The van der Waals surface area contributed by atoms with Crippen LogP contribution in [-0.4, -0.2) is 36.0 Å². The second-order valence-electron chi connectivity index (χ2n) is 6.15. The highest BCUT2D eigenvalue weighted by molar-refractivity contribution is 5.78. The van der Waals surface area contributed by atoms with Crippen molar-refractivity contribution in [3.63, 3.8) is 0 Å². The van der Waals surface area contributed by atoms with Crippen LogP contribution in [0.4, 0.5) is 13.2 Å². The number of hydrogen-bond donors (Lipinski definition) is 1. The van der Waals surface area contributed by atoms with Crippen LogP contribution in [0.5, 0.6) is 0 Å². The van der Waals surface area contributed by atoms with E-state index in [1.54, 1.807) is 0 Å². The van der Waals surface area contributed by atoms with Crippen LogP contribution in [0, 0.1) is 0 Å². The molecule has 0 fully saturated rings. The zero-order chi connectivity index (χ0) is 17.6. The molecular weight excluding hydrogens is 305 g/mol. The van der Waals surface area contributed by atoms with E-state index in [9.17, 15) is 18.0 Å². The number of hydrogen-bond acceptors (Lipinski definition) is 2. The number of carbonyl (C=O) groups excluding carboxylic acids is 1. The fourth-order valence-electron chi connectivity index (χ4n) is 2.50. The molecule has 0 heterocycles. The molecule has 0 bridgehead atoms. The maximum absolute atomic E-state index is 12.5. The predicted molar refractivity (Wildman–Crippen MR) is 85.1 cm³/mol. The molecule has 0 unspecified atom stereocenters. The van der Waals surface area contributed by atoms with Gasteiger partial charge in [-0.25, -0.2) is 0 Å². The summed E-state index contributed by atoms with van der Waals surface area (Å²) in [4.78, 5) is 14.1. The summed E-state index contributed by atoms with van der Waals surface area (Å²) in [5.41, 5.74) is -0.133. The van der Waals surface area contributed by atoms with E-state index in [-0.39, 0.29) is 12.3 Å². The minimum atomic E-state index is -4.35. The van der Waals surface area contributed by atoms with Crippen LogP contribution < -0.4 is 5.32 Å². The molecule has 0 aliphatic carbocycles. The number of carbonyl (C=O) groups is 1. The summed E-state index contributed by atoms with van der Waals surface area (Å²) >= 11 is 0. The lowest BCUT2D eigenvalue weighted by Gasteiger charge is -2.30. The van der Waals surface area contributed by atoms with E-state index in [0.717, 1.165) is 18.7 Å². The molecule has 1 amide bonds. The van der Waals surface area contributed by atoms with E-state index in [4.69, 9.17) is 0 Å². The van der Waals surface area contributed by atoms with Crippen LogP contribution in [0.2, 0.25) is 0 Å².